The molecule has 26 heavy (non-hydrogen) atoms. The van der Waals surface area contributed by atoms with Crippen molar-refractivity contribution in [3.8, 4) is 5.88 Å². The van der Waals surface area contributed by atoms with Gasteiger partial charge in [-0.2, -0.15) is 0 Å². The van der Waals surface area contributed by atoms with E-state index in [4.69, 9.17) is 9.47 Å². The van der Waals surface area contributed by atoms with Crippen molar-refractivity contribution in [2.75, 3.05) is 18.5 Å². The molecule has 2 rings (SSSR count). The van der Waals surface area contributed by atoms with Crippen molar-refractivity contribution in [1.82, 2.24) is 4.98 Å². The third kappa shape index (κ3) is 6.48. The standard InChI is InChI=1S/C21H28N2O3/c1-15(2)16-6-9-18(10-7-16)23-20(24)17-8-11-19(22-14-17)25-12-13-26-21(3,4)5/h6-11,14-15H,12-13H2,1-5H3,(H,23,24). The van der Waals surface area contributed by atoms with Crippen LogP contribution in [-0.2, 0) is 4.74 Å². The lowest BCUT2D eigenvalue weighted by molar-refractivity contribution is -0.0168. The molecule has 0 aliphatic carbocycles. The van der Waals surface area contributed by atoms with Gasteiger partial charge in [0.05, 0.1) is 17.8 Å². The average Bonchev–Trinajstić information content (AvgIpc) is 2.59. The summed E-state index contributed by atoms with van der Waals surface area (Å²) >= 11 is 0. The fourth-order valence-electron chi connectivity index (χ4n) is 2.25. The van der Waals surface area contributed by atoms with Crippen LogP contribution in [0.5, 0.6) is 5.88 Å². The highest BCUT2D eigenvalue weighted by molar-refractivity contribution is 6.04. The zero-order valence-electron chi connectivity index (χ0n) is 16.2. The van der Waals surface area contributed by atoms with E-state index < -0.39 is 0 Å². The largest absolute Gasteiger partial charge is 0.475 e. The first-order valence-corrected chi connectivity index (χ1v) is 8.89. The molecule has 0 fully saturated rings. The minimum atomic E-state index is -0.197. The highest BCUT2D eigenvalue weighted by Crippen LogP contribution is 2.18. The molecular weight excluding hydrogens is 328 g/mol. The van der Waals surface area contributed by atoms with Crippen LogP contribution < -0.4 is 10.1 Å². The third-order valence-corrected chi connectivity index (χ3v) is 3.70. The summed E-state index contributed by atoms with van der Waals surface area (Å²) in [5.41, 5.74) is 2.29. The molecule has 0 spiro atoms. The molecular formula is C21H28N2O3. The highest BCUT2D eigenvalue weighted by atomic mass is 16.5. The van der Waals surface area contributed by atoms with Gasteiger partial charge in [-0.05, 0) is 50.5 Å². The number of carbonyl (C=O) groups excluding carboxylic acids is 1. The summed E-state index contributed by atoms with van der Waals surface area (Å²) < 4.78 is 11.1. The number of nitrogens with one attached hydrogen (secondary N) is 1. The van der Waals surface area contributed by atoms with Crippen LogP contribution in [0.4, 0.5) is 5.69 Å². The molecule has 0 aliphatic heterocycles. The Morgan fingerprint density at radius 1 is 1.08 bits per heavy atom. The normalized spacial score (nSPS) is 11.5. The Balaban J connectivity index is 1.86. The van der Waals surface area contributed by atoms with E-state index >= 15 is 0 Å². The molecule has 0 atom stereocenters. The Hall–Kier alpha value is -2.40. The van der Waals surface area contributed by atoms with E-state index in [1.54, 1.807) is 12.1 Å². The number of aromatic nitrogens is 1. The van der Waals surface area contributed by atoms with E-state index in [0.29, 0.717) is 30.6 Å². The molecule has 0 saturated heterocycles. The van der Waals surface area contributed by atoms with Gasteiger partial charge in [-0.3, -0.25) is 4.79 Å². The summed E-state index contributed by atoms with van der Waals surface area (Å²) in [5, 5.41) is 2.87. The monoisotopic (exact) mass is 356 g/mol. The Morgan fingerprint density at radius 2 is 1.77 bits per heavy atom. The van der Waals surface area contributed by atoms with Crippen LogP contribution in [0.3, 0.4) is 0 Å². The minimum absolute atomic E-state index is 0.188. The first kappa shape index (κ1) is 19.9. The SMILES string of the molecule is CC(C)c1ccc(NC(=O)c2ccc(OCCOC(C)(C)C)nc2)cc1. The van der Waals surface area contributed by atoms with Gasteiger partial charge in [-0.25, -0.2) is 4.98 Å². The molecule has 1 aromatic carbocycles. The number of nitrogens with zero attached hydrogens (tertiary/aromatic N) is 1. The van der Waals surface area contributed by atoms with Gasteiger partial charge in [0.2, 0.25) is 5.88 Å². The van der Waals surface area contributed by atoms with Crippen molar-refractivity contribution in [2.24, 2.45) is 0 Å². The molecule has 0 unspecified atom stereocenters. The van der Waals surface area contributed by atoms with Gasteiger partial charge in [0, 0.05) is 18.0 Å². The highest BCUT2D eigenvalue weighted by Gasteiger charge is 2.10. The van der Waals surface area contributed by atoms with Crippen LogP contribution in [0.2, 0.25) is 0 Å². The molecule has 5 heteroatoms. The van der Waals surface area contributed by atoms with Gasteiger partial charge < -0.3 is 14.8 Å². The van der Waals surface area contributed by atoms with Crippen LogP contribution in [0.15, 0.2) is 42.6 Å². The molecule has 1 amide bonds. The summed E-state index contributed by atoms with van der Waals surface area (Å²) in [5.74, 6) is 0.739. The van der Waals surface area contributed by atoms with Gasteiger partial charge in [0.15, 0.2) is 0 Å². The first-order chi connectivity index (χ1) is 12.2. The third-order valence-electron chi connectivity index (χ3n) is 3.70. The molecule has 0 saturated carbocycles. The Bertz CT molecular complexity index is 702. The predicted octanol–water partition coefficient (Wildman–Crippen LogP) is 4.65. The lowest BCUT2D eigenvalue weighted by Gasteiger charge is -2.19. The van der Waals surface area contributed by atoms with Gasteiger partial charge in [-0.1, -0.05) is 26.0 Å². The summed E-state index contributed by atoms with van der Waals surface area (Å²) in [4.78, 5) is 16.5. The number of hydrogen-bond donors (Lipinski definition) is 1. The fourth-order valence-corrected chi connectivity index (χ4v) is 2.25. The summed E-state index contributed by atoms with van der Waals surface area (Å²) in [6.07, 6.45) is 1.51. The Kier molecular flexibility index (Phi) is 6.75. The molecule has 2 aromatic rings. The maximum Gasteiger partial charge on any atom is 0.257 e. The van der Waals surface area contributed by atoms with E-state index in [1.807, 2.05) is 45.0 Å². The van der Waals surface area contributed by atoms with E-state index in [1.165, 1.54) is 11.8 Å². The number of carbonyl (C=O) groups is 1. The zero-order chi connectivity index (χ0) is 19.2. The topological polar surface area (TPSA) is 60.5 Å². The average molecular weight is 356 g/mol. The van der Waals surface area contributed by atoms with Gasteiger partial charge >= 0.3 is 0 Å². The Labute approximate surface area is 155 Å². The van der Waals surface area contributed by atoms with Crippen molar-refractivity contribution in [3.63, 3.8) is 0 Å². The molecule has 1 N–H and O–H groups in total. The molecule has 1 heterocycles. The van der Waals surface area contributed by atoms with E-state index in [9.17, 15) is 4.79 Å². The van der Waals surface area contributed by atoms with Crippen molar-refractivity contribution in [3.05, 3.63) is 53.7 Å². The van der Waals surface area contributed by atoms with Crippen molar-refractivity contribution in [2.45, 2.75) is 46.1 Å². The number of hydrogen-bond acceptors (Lipinski definition) is 4. The van der Waals surface area contributed by atoms with Crippen LogP contribution in [0.1, 0.15) is 56.5 Å². The van der Waals surface area contributed by atoms with Crippen LogP contribution >= 0.6 is 0 Å². The smallest absolute Gasteiger partial charge is 0.257 e. The van der Waals surface area contributed by atoms with E-state index in [0.717, 1.165) is 5.69 Å². The van der Waals surface area contributed by atoms with Crippen molar-refractivity contribution >= 4 is 11.6 Å². The van der Waals surface area contributed by atoms with Gasteiger partial charge in [0.25, 0.3) is 5.91 Å². The van der Waals surface area contributed by atoms with E-state index in [2.05, 4.69) is 24.1 Å². The second-order valence-corrected chi connectivity index (χ2v) is 7.43. The first-order valence-electron chi connectivity index (χ1n) is 8.89. The fraction of sp³-hybridized carbons (Fsp3) is 0.429. The van der Waals surface area contributed by atoms with Crippen LogP contribution in [0, 0.1) is 0 Å². The minimum Gasteiger partial charge on any atom is -0.475 e. The van der Waals surface area contributed by atoms with Crippen molar-refractivity contribution in [1.29, 1.82) is 0 Å². The number of ether oxygens (including phenoxy) is 2. The lowest BCUT2D eigenvalue weighted by atomic mass is 10.0. The molecule has 0 radical (unpaired) electrons. The maximum atomic E-state index is 12.3. The number of pyridine rings is 1. The lowest BCUT2D eigenvalue weighted by Crippen LogP contribution is -2.22. The summed E-state index contributed by atoms with van der Waals surface area (Å²) in [6.45, 7) is 11.2. The van der Waals surface area contributed by atoms with Crippen LogP contribution in [0.25, 0.3) is 0 Å². The number of rotatable bonds is 7. The Morgan fingerprint density at radius 3 is 2.31 bits per heavy atom. The molecule has 1 aromatic heterocycles. The maximum absolute atomic E-state index is 12.3. The quantitative estimate of drug-likeness (QED) is 0.734. The second-order valence-electron chi connectivity index (χ2n) is 7.43. The summed E-state index contributed by atoms with van der Waals surface area (Å²) in [6, 6.07) is 11.3. The van der Waals surface area contributed by atoms with Crippen molar-refractivity contribution < 1.29 is 14.3 Å². The zero-order valence-corrected chi connectivity index (χ0v) is 16.2. The number of anilines is 1. The molecule has 5 nitrogen and oxygen atoms in total. The number of benzene rings is 1. The molecule has 140 valence electrons. The van der Waals surface area contributed by atoms with Crippen LogP contribution in [-0.4, -0.2) is 29.7 Å². The molecule has 0 aliphatic rings. The molecule has 0 bridgehead atoms. The predicted molar refractivity (Wildman–Crippen MR) is 104 cm³/mol. The second kappa shape index (κ2) is 8.81. The van der Waals surface area contributed by atoms with Gasteiger partial charge in [-0.15, -0.1) is 0 Å². The number of amides is 1. The van der Waals surface area contributed by atoms with E-state index in [-0.39, 0.29) is 11.5 Å². The summed E-state index contributed by atoms with van der Waals surface area (Å²) in [7, 11) is 0. The van der Waals surface area contributed by atoms with Gasteiger partial charge in [0.1, 0.15) is 6.61 Å².